The maximum Gasteiger partial charge on any atom is 0.258 e. The summed E-state index contributed by atoms with van der Waals surface area (Å²) in [6.07, 6.45) is 0.459. The van der Waals surface area contributed by atoms with Gasteiger partial charge in [0.1, 0.15) is 11.9 Å². The third-order valence-electron chi connectivity index (χ3n) is 5.74. The third kappa shape index (κ3) is 3.80. The summed E-state index contributed by atoms with van der Waals surface area (Å²) in [6, 6.07) is 7.49. The number of aromatic amines is 1. The summed E-state index contributed by atoms with van der Waals surface area (Å²) < 4.78 is 5.77. The highest BCUT2D eigenvalue weighted by Crippen LogP contribution is 2.24. The highest BCUT2D eigenvalue weighted by Gasteiger charge is 2.37. The predicted molar refractivity (Wildman–Crippen MR) is 106 cm³/mol. The standard InChI is InChI=1S/C20H27N5O3/c1-13-8-14(9-21)10-25(13)20(27)17-11-24(6-7-28-17)12-18-22-16-5-3-2-4-15(16)19(26)23-18/h2-5,13-14,17H,6-12,21H2,1H3,(H,22,23,26). The average molecular weight is 385 g/mol. The van der Waals surface area contributed by atoms with Gasteiger partial charge in [-0.1, -0.05) is 12.1 Å². The number of aromatic nitrogens is 2. The Kier molecular flexibility index (Phi) is 5.43. The Morgan fingerprint density at radius 3 is 2.96 bits per heavy atom. The first-order valence-corrected chi connectivity index (χ1v) is 9.87. The molecule has 0 saturated carbocycles. The van der Waals surface area contributed by atoms with Crippen molar-refractivity contribution in [3.63, 3.8) is 0 Å². The molecule has 28 heavy (non-hydrogen) atoms. The highest BCUT2D eigenvalue weighted by atomic mass is 16.5. The summed E-state index contributed by atoms with van der Waals surface area (Å²) in [5.74, 6) is 1.01. The second-order valence-corrected chi connectivity index (χ2v) is 7.80. The lowest BCUT2D eigenvalue weighted by atomic mass is 10.1. The zero-order chi connectivity index (χ0) is 19.7. The van der Waals surface area contributed by atoms with Crippen LogP contribution in [0.4, 0.5) is 0 Å². The van der Waals surface area contributed by atoms with Crippen LogP contribution in [0.2, 0.25) is 0 Å². The van der Waals surface area contributed by atoms with Crippen molar-refractivity contribution < 1.29 is 9.53 Å². The van der Waals surface area contributed by atoms with Crippen LogP contribution in [0.1, 0.15) is 19.2 Å². The van der Waals surface area contributed by atoms with E-state index in [1.165, 1.54) is 0 Å². The Bertz CT molecular complexity index is 914. The highest BCUT2D eigenvalue weighted by molar-refractivity contribution is 5.82. The van der Waals surface area contributed by atoms with Gasteiger partial charge in [0.25, 0.3) is 11.5 Å². The van der Waals surface area contributed by atoms with Crippen molar-refractivity contribution in [1.29, 1.82) is 0 Å². The number of hydrogen-bond acceptors (Lipinski definition) is 6. The molecule has 8 nitrogen and oxygen atoms in total. The molecule has 1 aromatic carbocycles. The zero-order valence-corrected chi connectivity index (χ0v) is 16.1. The number of nitrogens with two attached hydrogens (primary N) is 1. The number of carbonyl (C=O) groups excluding carboxylic acids is 1. The van der Waals surface area contributed by atoms with Gasteiger partial charge in [0.05, 0.1) is 24.1 Å². The lowest BCUT2D eigenvalue weighted by Crippen LogP contribution is -2.51. The number of amides is 1. The molecule has 1 amide bonds. The first-order chi connectivity index (χ1) is 13.5. The van der Waals surface area contributed by atoms with E-state index in [1.807, 2.05) is 23.1 Å². The number of nitrogens with one attached hydrogen (secondary N) is 1. The lowest BCUT2D eigenvalue weighted by molar-refractivity contribution is -0.150. The van der Waals surface area contributed by atoms with Crippen LogP contribution >= 0.6 is 0 Å². The summed E-state index contributed by atoms with van der Waals surface area (Å²) in [4.78, 5) is 36.7. The second kappa shape index (κ2) is 7.98. The molecular formula is C20H27N5O3. The number of benzene rings is 1. The van der Waals surface area contributed by atoms with Gasteiger partial charge in [0.15, 0.2) is 0 Å². The van der Waals surface area contributed by atoms with Crippen LogP contribution in [0.25, 0.3) is 10.9 Å². The van der Waals surface area contributed by atoms with Crippen LogP contribution in [-0.4, -0.2) is 70.6 Å². The normalized spacial score (nSPS) is 26.1. The monoisotopic (exact) mass is 385 g/mol. The number of hydrogen-bond donors (Lipinski definition) is 2. The van der Waals surface area contributed by atoms with Crippen LogP contribution < -0.4 is 11.3 Å². The van der Waals surface area contributed by atoms with Gasteiger partial charge in [-0.2, -0.15) is 0 Å². The summed E-state index contributed by atoms with van der Waals surface area (Å²) in [7, 11) is 0. The van der Waals surface area contributed by atoms with Crippen LogP contribution in [-0.2, 0) is 16.1 Å². The minimum atomic E-state index is -0.486. The Morgan fingerprint density at radius 2 is 2.18 bits per heavy atom. The van der Waals surface area contributed by atoms with Gasteiger partial charge in [-0.3, -0.25) is 14.5 Å². The van der Waals surface area contributed by atoms with E-state index in [9.17, 15) is 9.59 Å². The smallest absolute Gasteiger partial charge is 0.258 e. The van der Waals surface area contributed by atoms with Crippen molar-refractivity contribution in [2.75, 3.05) is 32.8 Å². The molecule has 4 rings (SSSR count). The molecule has 8 heteroatoms. The molecule has 3 atom stereocenters. The number of likely N-dealkylation sites (tertiary alicyclic amines) is 1. The van der Waals surface area contributed by atoms with Gasteiger partial charge in [-0.15, -0.1) is 0 Å². The molecule has 1 aromatic heterocycles. The van der Waals surface area contributed by atoms with E-state index in [2.05, 4.69) is 21.8 Å². The molecule has 0 spiro atoms. The maximum absolute atomic E-state index is 13.0. The zero-order valence-electron chi connectivity index (χ0n) is 16.1. The van der Waals surface area contributed by atoms with E-state index in [4.69, 9.17) is 10.5 Å². The minimum absolute atomic E-state index is 0.0353. The number of H-pyrrole nitrogens is 1. The van der Waals surface area contributed by atoms with Gasteiger partial charge in [0.2, 0.25) is 0 Å². The molecule has 2 aliphatic heterocycles. The molecule has 2 aliphatic rings. The Hall–Kier alpha value is -2.29. The first-order valence-electron chi connectivity index (χ1n) is 9.87. The largest absolute Gasteiger partial charge is 0.366 e. The van der Waals surface area contributed by atoms with Crippen LogP contribution in [0.15, 0.2) is 29.1 Å². The van der Waals surface area contributed by atoms with Crippen LogP contribution in [0.5, 0.6) is 0 Å². The number of morpholine rings is 1. The second-order valence-electron chi connectivity index (χ2n) is 7.80. The van der Waals surface area contributed by atoms with Crippen molar-refractivity contribution in [2.24, 2.45) is 11.7 Å². The van der Waals surface area contributed by atoms with Crippen LogP contribution in [0.3, 0.4) is 0 Å². The van der Waals surface area contributed by atoms with E-state index in [0.29, 0.717) is 62.0 Å². The van der Waals surface area contributed by atoms with Crippen molar-refractivity contribution in [3.8, 4) is 0 Å². The molecule has 2 fully saturated rings. The Labute approximate surface area is 163 Å². The number of carbonyl (C=O) groups is 1. The molecule has 0 bridgehead atoms. The summed E-state index contributed by atoms with van der Waals surface area (Å²) in [5, 5.41) is 0.582. The fourth-order valence-electron chi connectivity index (χ4n) is 4.22. The van der Waals surface area contributed by atoms with Crippen molar-refractivity contribution in [3.05, 3.63) is 40.4 Å². The maximum atomic E-state index is 13.0. The van der Waals surface area contributed by atoms with Crippen molar-refractivity contribution in [1.82, 2.24) is 19.8 Å². The van der Waals surface area contributed by atoms with Crippen LogP contribution in [0, 0.1) is 5.92 Å². The summed E-state index contributed by atoms with van der Waals surface area (Å²) >= 11 is 0. The average Bonchev–Trinajstić information content (AvgIpc) is 3.08. The topological polar surface area (TPSA) is 105 Å². The lowest BCUT2D eigenvalue weighted by Gasteiger charge is -2.34. The van der Waals surface area contributed by atoms with E-state index < -0.39 is 6.10 Å². The van der Waals surface area contributed by atoms with Crippen molar-refractivity contribution in [2.45, 2.75) is 32.0 Å². The number of rotatable bonds is 4. The number of fused-ring (bicyclic) bond motifs is 1. The molecule has 2 aromatic rings. The summed E-state index contributed by atoms with van der Waals surface area (Å²) in [5.41, 5.74) is 6.33. The van der Waals surface area contributed by atoms with E-state index in [-0.39, 0.29) is 17.5 Å². The molecule has 150 valence electrons. The van der Waals surface area contributed by atoms with Gasteiger partial charge < -0.3 is 20.4 Å². The number of ether oxygens (including phenoxy) is 1. The first kappa shape index (κ1) is 19.0. The Balaban J connectivity index is 1.44. The number of nitrogens with zero attached hydrogens (tertiary/aromatic N) is 3. The van der Waals surface area contributed by atoms with Gasteiger partial charge in [0, 0.05) is 25.7 Å². The molecule has 3 N–H and O–H groups in total. The van der Waals surface area contributed by atoms with E-state index in [0.717, 1.165) is 6.42 Å². The van der Waals surface area contributed by atoms with Crippen molar-refractivity contribution >= 4 is 16.8 Å². The fraction of sp³-hybridized carbons (Fsp3) is 0.550. The van der Waals surface area contributed by atoms with Gasteiger partial charge in [-0.05, 0) is 37.9 Å². The third-order valence-corrected chi connectivity index (χ3v) is 5.74. The molecule has 3 unspecified atom stereocenters. The molecule has 0 radical (unpaired) electrons. The summed E-state index contributed by atoms with van der Waals surface area (Å²) in [6.45, 7) is 5.53. The fourth-order valence-corrected chi connectivity index (χ4v) is 4.22. The predicted octanol–water partition coefficient (Wildman–Crippen LogP) is 0.320. The number of para-hydroxylation sites is 1. The van der Waals surface area contributed by atoms with Gasteiger partial charge in [-0.25, -0.2) is 4.98 Å². The minimum Gasteiger partial charge on any atom is -0.366 e. The van der Waals surface area contributed by atoms with Gasteiger partial charge >= 0.3 is 0 Å². The van der Waals surface area contributed by atoms with E-state index in [1.54, 1.807) is 6.07 Å². The molecule has 3 heterocycles. The Morgan fingerprint density at radius 1 is 1.36 bits per heavy atom. The SMILES string of the molecule is CC1CC(CN)CN1C(=O)C1CN(Cc2nc3ccccc3c(=O)[nH]2)CCO1. The molecule has 0 aliphatic carbocycles. The quantitative estimate of drug-likeness (QED) is 0.785. The van der Waals surface area contributed by atoms with E-state index >= 15 is 0 Å². The molecular weight excluding hydrogens is 358 g/mol. The molecule has 2 saturated heterocycles.